The number of aryl methyl sites for hydroxylation is 1. The Morgan fingerprint density at radius 3 is 2.85 bits per heavy atom. The van der Waals surface area contributed by atoms with E-state index in [1.807, 2.05) is 31.2 Å². The molecule has 2 fully saturated rings. The number of nitrogens with one attached hydrogen (secondary N) is 1. The molecule has 1 aromatic carbocycles. The molecule has 0 bridgehead atoms. The van der Waals surface area contributed by atoms with Crippen molar-refractivity contribution >= 4 is 34.0 Å². The van der Waals surface area contributed by atoms with E-state index in [-0.39, 0.29) is 17.7 Å². The lowest BCUT2D eigenvalue weighted by atomic mass is 10.1. The zero-order chi connectivity index (χ0) is 18.1. The minimum Gasteiger partial charge on any atom is -0.368 e. The van der Waals surface area contributed by atoms with E-state index in [2.05, 4.69) is 15.5 Å². The van der Waals surface area contributed by atoms with Crippen LogP contribution in [0.4, 0.5) is 10.8 Å². The Labute approximate surface area is 155 Å². The van der Waals surface area contributed by atoms with Gasteiger partial charge in [-0.3, -0.25) is 14.9 Å². The molecule has 1 N–H and O–H groups in total. The molecule has 7 nitrogen and oxygen atoms in total. The smallest absolute Gasteiger partial charge is 0.255 e. The van der Waals surface area contributed by atoms with Crippen LogP contribution in [0.5, 0.6) is 0 Å². The fourth-order valence-electron chi connectivity index (χ4n) is 3.27. The molecule has 136 valence electrons. The molecular weight excluding hydrogens is 352 g/mol. The van der Waals surface area contributed by atoms with Crippen molar-refractivity contribution in [2.45, 2.75) is 38.2 Å². The summed E-state index contributed by atoms with van der Waals surface area (Å²) in [5.74, 6) is -0.0948. The Balaban J connectivity index is 1.42. The second kappa shape index (κ2) is 7.13. The zero-order valence-electron chi connectivity index (χ0n) is 14.5. The zero-order valence-corrected chi connectivity index (χ0v) is 15.3. The van der Waals surface area contributed by atoms with E-state index in [9.17, 15) is 9.59 Å². The van der Waals surface area contributed by atoms with Crippen molar-refractivity contribution in [1.82, 2.24) is 10.2 Å². The molecule has 4 rings (SSSR count). The van der Waals surface area contributed by atoms with E-state index in [0.29, 0.717) is 24.7 Å². The third-order valence-corrected chi connectivity index (χ3v) is 5.71. The maximum Gasteiger partial charge on any atom is 0.255 e. The molecule has 2 aromatic rings. The number of benzene rings is 1. The van der Waals surface area contributed by atoms with Gasteiger partial charge in [-0.2, -0.15) is 0 Å². The van der Waals surface area contributed by atoms with Crippen molar-refractivity contribution in [3.05, 3.63) is 34.8 Å². The molecular formula is C18H20N4O3S. The first-order chi connectivity index (χ1) is 12.6. The summed E-state index contributed by atoms with van der Waals surface area (Å²) in [5.41, 5.74) is 2.06. The van der Waals surface area contributed by atoms with Gasteiger partial charge in [-0.05, 0) is 31.9 Å². The van der Waals surface area contributed by atoms with E-state index in [0.717, 1.165) is 29.1 Å². The van der Waals surface area contributed by atoms with Crippen LogP contribution >= 0.6 is 11.3 Å². The predicted octanol–water partition coefficient (Wildman–Crippen LogP) is 2.48. The normalized spacial score (nSPS) is 22.8. The lowest BCUT2D eigenvalue weighted by Crippen LogP contribution is -2.26. The summed E-state index contributed by atoms with van der Waals surface area (Å²) >= 11 is 1.33. The van der Waals surface area contributed by atoms with Crippen molar-refractivity contribution in [1.29, 1.82) is 0 Å². The Morgan fingerprint density at radius 2 is 2.12 bits per heavy atom. The van der Waals surface area contributed by atoms with Crippen LogP contribution in [0.2, 0.25) is 0 Å². The van der Waals surface area contributed by atoms with Crippen molar-refractivity contribution in [3.8, 4) is 0 Å². The quantitative estimate of drug-likeness (QED) is 0.891. The highest BCUT2D eigenvalue weighted by Gasteiger charge is 2.34. The number of carbonyl (C=O) groups is 2. The Hall–Kier alpha value is -2.32. The molecule has 2 aliphatic rings. The number of amides is 2. The Morgan fingerprint density at radius 1 is 1.31 bits per heavy atom. The molecule has 26 heavy (non-hydrogen) atoms. The highest BCUT2D eigenvalue weighted by molar-refractivity contribution is 7.15. The summed E-state index contributed by atoms with van der Waals surface area (Å²) in [6.07, 6.45) is 1.65. The second-order valence-electron chi connectivity index (χ2n) is 6.68. The van der Waals surface area contributed by atoms with Crippen molar-refractivity contribution < 1.29 is 14.3 Å². The average molecular weight is 372 g/mol. The molecule has 8 heteroatoms. The number of carbonyl (C=O) groups excluding carboxylic acids is 2. The van der Waals surface area contributed by atoms with Gasteiger partial charge in [0.2, 0.25) is 11.0 Å². The summed E-state index contributed by atoms with van der Waals surface area (Å²) in [6.45, 7) is 3.22. The molecule has 2 saturated heterocycles. The minimum absolute atomic E-state index is 0.00492. The number of anilines is 2. The molecule has 0 spiro atoms. The Kier molecular flexibility index (Phi) is 4.69. The Bertz CT molecular complexity index is 814. The van der Waals surface area contributed by atoms with Gasteiger partial charge in [0.25, 0.3) is 5.91 Å². The molecule has 0 aliphatic carbocycles. The van der Waals surface area contributed by atoms with Crippen LogP contribution in [0.1, 0.15) is 35.8 Å². The fourth-order valence-corrected chi connectivity index (χ4v) is 4.11. The van der Waals surface area contributed by atoms with Crippen LogP contribution in [0.15, 0.2) is 24.3 Å². The van der Waals surface area contributed by atoms with E-state index < -0.39 is 6.10 Å². The average Bonchev–Trinajstić information content (AvgIpc) is 3.36. The van der Waals surface area contributed by atoms with Crippen LogP contribution in [0, 0.1) is 6.92 Å². The maximum absolute atomic E-state index is 12.4. The van der Waals surface area contributed by atoms with Crippen LogP contribution < -0.4 is 10.2 Å². The summed E-state index contributed by atoms with van der Waals surface area (Å²) in [5, 5.41) is 12.3. The SMILES string of the molecule is Cc1ccc(N2C[C@H](c3nnc(NC(=O)[C@H]4CCCO4)s3)CC2=O)cc1. The lowest BCUT2D eigenvalue weighted by Gasteiger charge is -2.16. The summed E-state index contributed by atoms with van der Waals surface area (Å²) < 4.78 is 5.37. The van der Waals surface area contributed by atoms with Crippen LogP contribution in [0.25, 0.3) is 0 Å². The van der Waals surface area contributed by atoms with Gasteiger partial charge in [0.05, 0.1) is 0 Å². The van der Waals surface area contributed by atoms with Gasteiger partial charge < -0.3 is 9.64 Å². The van der Waals surface area contributed by atoms with Gasteiger partial charge in [0.15, 0.2) is 0 Å². The number of nitrogens with zero attached hydrogens (tertiary/aromatic N) is 3. The number of hydrogen-bond acceptors (Lipinski definition) is 6. The highest BCUT2D eigenvalue weighted by atomic mass is 32.1. The molecule has 2 aliphatic heterocycles. The highest BCUT2D eigenvalue weighted by Crippen LogP contribution is 2.34. The van der Waals surface area contributed by atoms with Crippen LogP contribution in [0.3, 0.4) is 0 Å². The maximum atomic E-state index is 12.4. The number of hydrogen-bond donors (Lipinski definition) is 1. The fraction of sp³-hybridized carbons (Fsp3) is 0.444. The predicted molar refractivity (Wildman–Crippen MR) is 98.4 cm³/mol. The van der Waals surface area contributed by atoms with Crippen molar-refractivity contribution in [2.24, 2.45) is 0 Å². The first-order valence-electron chi connectivity index (χ1n) is 8.73. The lowest BCUT2D eigenvalue weighted by molar-refractivity contribution is -0.124. The molecule has 3 heterocycles. The van der Waals surface area contributed by atoms with Gasteiger partial charge in [0.1, 0.15) is 11.1 Å². The van der Waals surface area contributed by atoms with Gasteiger partial charge >= 0.3 is 0 Å². The largest absolute Gasteiger partial charge is 0.368 e. The van der Waals surface area contributed by atoms with Gasteiger partial charge in [-0.25, -0.2) is 0 Å². The van der Waals surface area contributed by atoms with Gasteiger partial charge in [-0.1, -0.05) is 29.0 Å². The standard InChI is InChI=1S/C18H20N4O3S/c1-11-4-6-13(7-5-11)22-10-12(9-15(22)23)17-20-21-18(26-17)19-16(24)14-3-2-8-25-14/h4-7,12,14H,2-3,8-10H2,1H3,(H,19,21,24)/t12-,14-/m1/s1. The van der Waals surface area contributed by atoms with Crippen LogP contribution in [-0.2, 0) is 14.3 Å². The molecule has 0 unspecified atom stereocenters. The third-order valence-electron chi connectivity index (χ3n) is 4.71. The summed E-state index contributed by atoms with van der Waals surface area (Å²) in [4.78, 5) is 26.3. The molecule has 2 atom stereocenters. The number of ether oxygens (including phenoxy) is 1. The summed E-state index contributed by atoms with van der Waals surface area (Å²) in [7, 11) is 0. The molecule has 1 aromatic heterocycles. The molecule has 0 saturated carbocycles. The topological polar surface area (TPSA) is 84.4 Å². The van der Waals surface area contributed by atoms with Crippen molar-refractivity contribution in [3.63, 3.8) is 0 Å². The third kappa shape index (κ3) is 3.47. The molecule has 2 amide bonds. The van der Waals surface area contributed by atoms with E-state index in [1.165, 1.54) is 11.3 Å². The monoisotopic (exact) mass is 372 g/mol. The number of rotatable bonds is 4. The minimum atomic E-state index is -0.396. The van der Waals surface area contributed by atoms with Crippen molar-refractivity contribution in [2.75, 3.05) is 23.4 Å². The number of aromatic nitrogens is 2. The molecule has 0 radical (unpaired) electrons. The second-order valence-corrected chi connectivity index (χ2v) is 7.69. The van der Waals surface area contributed by atoms with Crippen LogP contribution in [-0.4, -0.2) is 41.3 Å². The summed E-state index contributed by atoms with van der Waals surface area (Å²) in [6, 6.07) is 7.92. The van der Waals surface area contributed by atoms with E-state index in [4.69, 9.17) is 4.74 Å². The van der Waals surface area contributed by atoms with Gasteiger partial charge in [-0.15, -0.1) is 10.2 Å². The van der Waals surface area contributed by atoms with E-state index in [1.54, 1.807) is 4.90 Å². The first-order valence-corrected chi connectivity index (χ1v) is 9.55. The van der Waals surface area contributed by atoms with Gasteiger partial charge in [0, 0.05) is 31.2 Å². The van der Waals surface area contributed by atoms with E-state index >= 15 is 0 Å². The first kappa shape index (κ1) is 17.1.